The number of aromatic nitrogens is 2. The zero-order valence-corrected chi connectivity index (χ0v) is 26.4. The Morgan fingerprint density at radius 3 is 2.05 bits per heavy atom. The molecule has 1 aliphatic heterocycles. The first-order chi connectivity index (χ1) is 18.5. The molecule has 1 aromatic rings. The molecule has 0 bridgehead atoms. The summed E-state index contributed by atoms with van der Waals surface area (Å²) in [5.41, 5.74) is 3.75. The number of aliphatic hydroxyl groups is 1. The summed E-state index contributed by atoms with van der Waals surface area (Å²) < 4.78 is 42.2. The molecule has 0 amide bonds. The molecule has 3 N–H and O–H groups in total. The monoisotopic (exact) mass is 625 g/mol. The van der Waals surface area contributed by atoms with E-state index in [0.29, 0.717) is 0 Å². The summed E-state index contributed by atoms with van der Waals surface area (Å²) in [4.78, 5) is 40.3. The van der Waals surface area contributed by atoms with Crippen molar-refractivity contribution in [3.63, 3.8) is 0 Å². The zero-order valence-electron chi connectivity index (χ0n) is 23.9. The molecule has 16 heteroatoms. The second-order valence-corrected chi connectivity index (χ2v) is 14.8. The Bertz CT molecular complexity index is 1080. The lowest BCUT2D eigenvalue weighted by atomic mass is 9.99. The summed E-state index contributed by atoms with van der Waals surface area (Å²) in [7, 11) is -2.87. The summed E-state index contributed by atoms with van der Waals surface area (Å²) in [5, 5.41) is 10.7. The number of methoxy groups -OCH3 is 1. The molecule has 2 heterocycles. The number of rotatable bonds is 13. The van der Waals surface area contributed by atoms with Crippen molar-refractivity contribution in [3.8, 4) is 0 Å². The molecular formula is C24H40N3O10PS2. The van der Waals surface area contributed by atoms with Gasteiger partial charge in [0.1, 0.15) is 24.1 Å². The summed E-state index contributed by atoms with van der Waals surface area (Å²) in [6.45, 7) is 10.1. The van der Waals surface area contributed by atoms with Crippen LogP contribution in [-0.2, 0) is 37.2 Å². The molecule has 2 rings (SSSR count). The summed E-state index contributed by atoms with van der Waals surface area (Å²) in [6, 6.07) is 1.40. The van der Waals surface area contributed by atoms with Gasteiger partial charge in [-0.3, -0.25) is 27.7 Å². The number of hydrogen-bond donors (Lipinski definition) is 2. The average molecular weight is 626 g/mol. The Morgan fingerprint density at radius 1 is 1.07 bits per heavy atom. The van der Waals surface area contributed by atoms with E-state index in [1.165, 1.54) is 19.4 Å². The molecule has 228 valence electrons. The third-order valence-corrected chi connectivity index (χ3v) is 9.42. The van der Waals surface area contributed by atoms with E-state index >= 15 is 0 Å². The van der Waals surface area contributed by atoms with Crippen molar-refractivity contribution in [2.24, 2.45) is 10.8 Å². The highest BCUT2D eigenvalue weighted by atomic mass is 32.2. The molecule has 1 aromatic heterocycles. The molecule has 0 radical (unpaired) electrons. The van der Waals surface area contributed by atoms with Crippen molar-refractivity contribution < 1.29 is 42.3 Å². The number of nitrogens with zero attached hydrogens (tertiary/aromatic N) is 2. The molecule has 1 saturated heterocycles. The number of carbonyl (C=O) groups is 2. The normalized spacial score (nSPS) is 22.0. The maximum atomic E-state index is 13.5. The molecule has 40 heavy (non-hydrogen) atoms. The fourth-order valence-corrected chi connectivity index (χ4v) is 6.23. The lowest BCUT2D eigenvalue weighted by Crippen LogP contribution is -2.37. The molecule has 0 saturated carbocycles. The Balaban J connectivity index is 2.07. The van der Waals surface area contributed by atoms with Crippen molar-refractivity contribution in [1.82, 2.24) is 9.55 Å². The standard InChI is InChI=1S/C24H40N3O10PS2/c1-23(2,3)20(29)39-12-10-34-38(32,35-11-13-40-21(30)24(4,5)6)36-14-15-17(28)18(33-7)19(37-15)27-9-8-16(25)26-22(27)31/h8-9,15,17-19,28H,10-14H2,1-7H3,(H2,25,26,31)/t15-,17-,18-,19-/m1/s1. The first-order valence-corrected chi connectivity index (χ1v) is 16.0. The van der Waals surface area contributed by atoms with Crippen molar-refractivity contribution >= 4 is 47.4 Å². The first kappa shape index (κ1) is 34.9. The fraction of sp³-hybridized carbons (Fsp3) is 0.750. The highest BCUT2D eigenvalue weighted by Gasteiger charge is 2.46. The van der Waals surface area contributed by atoms with Crippen LogP contribution in [0.15, 0.2) is 17.1 Å². The fourth-order valence-electron chi connectivity index (χ4n) is 3.23. The van der Waals surface area contributed by atoms with Crippen molar-refractivity contribution in [2.75, 3.05) is 44.2 Å². The number of phosphoric acid groups is 1. The number of carbonyl (C=O) groups excluding carboxylic acids is 2. The van der Waals surface area contributed by atoms with Crippen LogP contribution < -0.4 is 11.4 Å². The average Bonchev–Trinajstić information content (AvgIpc) is 3.16. The number of aliphatic hydroxyl groups excluding tert-OH is 1. The number of phosphoric ester groups is 1. The van der Waals surface area contributed by atoms with Crippen LogP contribution in [0.2, 0.25) is 0 Å². The smallest absolute Gasteiger partial charge is 0.387 e. The van der Waals surface area contributed by atoms with Crippen LogP contribution in [0.1, 0.15) is 47.8 Å². The predicted molar refractivity (Wildman–Crippen MR) is 153 cm³/mol. The van der Waals surface area contributed by atoms with E-state index in [0.717, 1.165) is 28.1 Å². The van der Waals surface area contributed by atoms with Gasteiger partial charge in [0.05, 0.1) is 19.8 Å². The van der Waals surface area contributed by atoms with Gasteiger partial charge in [-0.1, -0.05) is 65.1 Å². The molecule has 1 fully saturated rings. The molecule has 1 aliphatic rings. The van der Waals surface area contributed by atoms with Gasteiger partial charge >= 0.3 is 13.5 Å². The van der Waals surface area contributed by atoms with Gasteiger partial charge in [-0.05, 0) is 6.07 Å². The van der Waals surface area contributed by atoms with Gasteiger partial charge < -0.3 is 20.3 Å². The summed E-state index contributed by atoms with van der Waals surface area (Å²) >= 11 is 2.07. The van der Waals surface area contributed by atoms with Crippen LogP contribution in [0.4, 0.5) is 5.82 Å². The van der Waals surface area contributed by atoms with E-state index in [4.69, 9.17) is 28.8 Å². The Morgan fingerprint density at radius 2 is 1.60 bits per heavy atom. The number of ether oxygens (including phenoxy) is 2. The van der Waals surface area contributed by atoms with Crippen LogP contribution in [-0.4, -0.2) is 81.6 Å². The molecule has 0 unspecified atom stereocenters. The predicted octanol–water partition coefficient (Wildman–Crippen LogP) is 2.87. The van der Waals surface area contributed by atoms with Crippen LogP contribution in [0.5, 0.6) is 0 Å². The van der Waals surface area contributed by atoms with Gasteiger partial charge in [0.25, 0.3) is 0 Å². The molecule has 0 aliphatic carbocycles. The van der Waals surface area contributed by atoms with Gasteiger partial charge in [-0.25, -0.2) is 9.36 Å². The van der Waals surface area contributed by atoms with E-state index in [1.807, 2.05) is 0 Å². The molecule has 0 spiro atoms. The quantitative estimate of drug-likeness (QED) is 0.241. The van der Waals surface area contributed by atoms with Crippen molar-refractivity contribution in [2.45, 2.75) is 66.1 Å². The van der Waals surface area contributed by atoms with E-state index in [1.54, 1.807) is 41.5 Å². The van der Waals surface area contributed by atoms with Gasteiger partial charge in [-0.2, -0.15) is 4.98 Å². The Labute approximate surface area is 242 Å². The minimum atomic E-state index is -4.21. The number of thioether (sulfide) groups is 2. The van der Waals surface area contributed by atoms with E-state index in [-0.39, 0.29) is 40.8 Å². The minimum absolute atomic E-state index is 0.0219. The van der Waals surface area contributed by atoms with Crippen LogP contribution in [0, 0.1) is 10.8 Å². The summed E-state index contributed by atoms with van der Waals surface area (Å²) in [5.74, 6) is 0.426. The van der Waals surface area contributed by atoms with Gasteiger partial charge in [0.2, 0.25) is 0 Å². The van der Waals surface area contributed by atoms with Gasteiger partial charge in [0.15, 0.2) is 16.5 Å². The maximum Gasteiger partial charge on any atom is 0.474 e. The number of nitrogens with two attached hydrogens (primary N) is 1. The van der Waals surface area contributed by atoms with Crippen molar-refractivity contribution in [1.29, 1.82) is 0 Å². The maximum absolute atomic E-state index is 13.5. The SMILES string of the molecule is CO[C@@H]1[C@H](O)[C@@H](COP(=O)(OCCSC(=O)C(C)(C)C)OCCSC(=O)C(C)(C)C)O[C@H]1n1ccc(N)nc1=O. The lowest BCUT2D eigenvalue weighted by molar-refractivity contribution is -0.118. The lowest BCUT2D eigenvalue weighted by Gasteiger charge is -2.22. The van der Waals surface area contributed by atoms with Crippen LogP contribution >= 0.6 is 31.3 Å². The van der Waals surface area contributed by atoms with Gasteiger partial charge in [0, 0.05) is 35.6 Å². The van der Waals surface area contributed by atoms with E-state index in [9.17, 15) is 24.1 Å². The molecule has 4 atom stereocenters. The Hall–Kier alpha value is -1.29. The minimum Gasteiger partial charge on any atom is -0.387 e. The van der Waals surface area contributed by atoms with Gasteiger partial charge in [-0.15, -0.1) is 0 Å². The largest absolute Gasteiger partial charge is 0.474 e. The van der Waals surface area contributed by atoms with Crippen LogP contribution in [0.25, 0.3) is 0 Å². The van der Waals surface area contributed by atoms with Crippen molar-refractivity contribution in [3.05, 3.63) is 22.7 Å². The number of anilines is 1. The Kier molecular flexibility index (Phi) is 12.9. The second-order valence-electron chi connectivity index (χ2n) is 11.0. The number of nitrogen functional groups attached to an aromatic ring is 1. The third kappa shape index (κ3) is 10.2. The third-order valence-electron chi connectivity index (χ3n) is 5.46. The molecular weight excluding hydrogens is 585 g/mol. The topological polar surface area (TPSA) is 178 Å². The highest BCUT2D eigenvalue weighted by molar-refractivity contribution is 8.14. The van der Waals surface area contributed by atoms with E-state index in [2.05, 4.69) is 4.98 Å². The molecule has 0 aromatic carbocycles. The first-order valence-electron chi connectivity index (χ1n) is 12.6. The number of hydrogen-bond acceptors (Lipinski definition) is 14. The zero-order chi connectivity index (χ0) is 30.3. The van der Waals surface area contributed by atoms with Crippen LogP contribution in [0.3, 0.4) is 0 Å². The molecule has 13 nitrogen and oxygen atoms in total. The summed E-state index contributed by atoms with van der Waals surface area (Å²) in [6.07, 6.45) is -3.02. The van der Waals surface area contributed by atoms with E-state index < -0.39 is 55.5 Å². The second kappa shape index (κ2) is 14.7. The highest BCUT2D eigenvalue weighted by Crippen LogP contribution is 2.50.